The highest BCUT2D eigenvalue weighted by molar-refractivity contribution is 5.72. The van der Waals surface area contributed by atoms with Crippen LogP contribution in [0.15, 0.2) is 42.6 Å². The first-order valence-electron chi connectivity index (χ1n) is 7.89. The summed E-state index contributed by atoms with van der Waals surface area (Å²) in [5.74, 6) is -0.404. The number of carbonyl (C=O) groups is 1. The number of carboxylic acids is 1. The van der Waals surface area contributed by atoms with Crippen LogP contribution in [0.2, 0.25) is 0 Å². The number of carboxylic acid groups (broad SMARTS) is 1. The van der Waals surface area contributed by atoms with E-state index in [9.17, 15) is 9.18 Å². The molecule has 1 aromatic carbocycles. The van der Waals surface area contributed by atoms with E-state index in [0.717, 1.165) is 5.56 Å². The minimum absolute atomic E-state index is 0.230. The normalized spacial score (nSPS) is 11.8. The van der Waals surface area contributed by atoms with Gasteiger partial charge in [0.05, 0.1) is 0 Å². The van der Waals surface area contributed by atoms with Crippen molar-refractivity contribution >= 4 is 5.97 Å². The Morgan fingerprint density at radius 3 is 2.60 bits per heavy atom. The molecule has 0 amide bonds. The molecule has 0 bridgehead atoms. The molecule has 0 saturated carbocycles. The maximum Gasteiger partial charge on any atom is 0.333 e. The van der Waals surface area contributed by atoms with Crippen LogP contribution in [0.4, 0.5) is 4.39 Å². The number of pyridine rings is 1. The summed E-state index contributed by atoms with van der Waals surface area (Å²) < 4.78 is 28.9. The summed E-state index contributed by atoms with van der Waals surface area (Å²) in [5, 5.41) is 9.12. The minimum atomic E-state index is -1.01. The number of rotatable bonds is 10. The molecule has 0 fully saturated rings. The molecular formula is C18H20FNO5. The van der Waals surface area contributed by atoms with Crippen LogP contribution in [0, 0.1) is 5.82 Å². The van der Waals surface area contributed by atoms with Crippen LogP contribution in [0.1, 0.15) is 12.5 Å². The SMILES string of the molecule is CCOC(Cc1ccnc(OCCOc2ccc(F)cc2)c1)C(=O)O. The van der Waals surface area contributed by atoms with Gasteiger partial charge < -0.3 is 19.3 Å². The van der Waals surface area contributed by atoms with Gasteiger partial charge in [-0.05, 0) is 42.8 Å². The Balaban J connectivity index is 1.82. The molecular weight excluding hydrogens is 329 g/mol. The number of hydrogen-bond acceptors (Lipinski definition) is 5. The van der Waals surface area contributed by atoms with Crippen LogP contribution in [0.5, 0.6) is 11.6 Å². The predicted octanol–water partition coefficient (Wildman–Crippen LogP) is 2.71. The maximum atomic E-state index is 12.8. The van der Waals surface area contributed by atoms with E-state index in [0.29, 0.717) is 18.2 Å². The van der Waals surface area contributed by atoms with Crippen molar-refractivity contribution < 1.29 is 28.5 Å². The smallest absolute Gasteiger partial charge is 0.333 e. The van der Waals surface area contributed by atoms with Gasteiger partial charge in [-0.25, -0.2) is 14.2 Å². The van der Waals surface area contributed by atoms with Gasteiger partial charge in [-0.1, -0.05) is 0 Å². The molecule has 2 aromatic rings. The molecule has 0 aliphatic carbocycles. The largest absolute Gasteiger partial charge is 0.490 e. The number of ether oxygens (including phenoxy) is 3. The lowest BCUT2D eigenvalue weighted by Crippen LogP contribution is -2.26. The summed E-state index contributed by atoms with van der Waals surface area (Å²) in [7, 11) is 0. The topological polar surface area (TPSA) is 77.9 Å². The summed E-state index contributed by atoms with van der Waals surface area (Å²) in [5.41, 5.74) is 0.755. The van der Waals surface area contributed by atoms with Gasteiger partial charge in [0, 0.05) is 25.3 Å². The number of nitrogens with zero attached hydrogens (tertiary/aromatic N) is 1. The van der Waals surface area contributed by atoms with Crippen LogP contribution >= 0.6 is 0 Å². The zero-order valence-corrected chi connectivity index (χ0v) is 13.9. The molecule has 1 heterocycles. The third-order valence-corrected chi connectivity index (χ3v) is 3.28. The Kier molecular flexibility index (Phi) is 7.16. The van der Waals surface area contributed by atoms with E-state index < -0.39 is 12.1 Å². The van der Waals surface area contributed by atoms with Gasteiger partial charge in [-0.15, -0.1) is 0 Å². The molecule has 1 aromatic heterocycles. The predicted molar refractivity (Wildman–Crippen MR) is 88.4 cm³/mol. The lowest BCUT2D eigenvalue weighted by Gasteiger charge is -2.13. The Morgan fingerprint density at radius 1 is 1.20 bits per heavy atom. The van der Waals surface area contributed by atoms with Crippen molar-refractivity contribution in [3.05, 3.63) is 54.0 Å². The van der Waals surface area contributed by atoms with E-state index in [-0.39, 0.29) is 25.5 Å². The van der Waals surface area contributed by atoms with Gasteiger partial charge in [-0.3, -0.25) is 0 Å². The fourth-order valence-corrected chi connectivity index (χ4v) is 2.13. The Bertz CT molecular complexity index is 677. The maximum absolute atomic E-state index is 12.8. The number of hydrogen-bond donors (Lipinski definition) is 1. The molecule has 25 heavy (non-hydrogen) atoms. The Hall–Kier alpha value is -2.67. The minimum Gasteiger partial charge on any atom is -0.490 e. The van der Waals surface area contributed by atoms with E-state index in [1.807, 2.05) is 0 Å². The van der Waals surface area contributed by atoms with Crippen LogP contribution in [0.3, 0.4) is 0 Å². The fraction of sp³-hybridized carbons (Fsp3) is 0.333. The molecule has 0 spiro atoms. The summed E-state index contributed by atoms with van der Waals surface area (Å²) in [4.78, 5) is 15.2. The fourth-order valence-electron chi connectivity index (χ4n) is 2.13. The third-order valence-electron chi connectivity index (χ3n) is 3.28. The van der Waals surface area contributed by atoms with Gasteiger partial charge in [0.1, 0.15) is 24.8 Å². The molecule has 134 valence electrons. The van der Waals surface area contributed by atoms with E-state index in [2.05, 4.69) is 4.98 Å². The van der Waals surface area contributed by atoms with E-state index in [1.54, 1.807) is 25.3 Å². The van der Waals surface area contributed by atoms with E-state index >= 15 is 0 Å². The molecule has 1 N–H and O–H groups in total. The van der Waals surface area contributed by atoms with Gasteiger partial charge in [0.25, 0.3) is 0 Å². The summed E-state index contributed by atoms with van der Waals surface area (Å²) in [6.07, 6.45) is 0.881. The van der Waals surface area contributed by atoms with Gasteiger partial charge >= 0.3 is 5.97 Å². The average molecular weight is 349 g/mol. The van der Waals surface area contributed by atoms with Crippen molar-refractivity contribution in [1.29, 1.82) is 0 Å². The van der Waals surface area contributed by atoms with Gasteiger partial charge in [-0.2, -0.15) is 0 Å². The number of halogens is 1. The number of benzene rings is 1. The van der Waals surface area contributed by atoms with Crippen molar-refractivity contribution in [2.45, 2.75) is 19.4 Å². The first kappa shape index (κ1) is 18.7. The monoisotopic (exact) mass is 349 g/mol. The molecule has 7 heteroatoms. The van der Waals surface area contributed by atoms with Gasteiger partial charge in [0.2, 0.25) is 5.88 Å². The first-order chi connectivity index (χ1) is 12.1. The standard InChI is InChI=1S/C18H20FNO5/c1-2-23-16(18(21)22)11-13-7-8-20-17(12-13)25-10-9-24-15-5-3-14(19)4-6-15/h3-8,12,16H,2,9-11H2,1H3,(H,21,22). The summed E-state index contributed by atoms with van der Waals surface area (Å²) in [6, 6.07) is 9.10. The van der Waals surface area contributed by atoms with Crippen molar-refractivity contribution in [2.75, 3.05) is 19.8 Å². The molecule has 0 aliphatic rings. The lowest BCUT2D eigenvalue weighted by molar-refractivity contribution is -0.149. The van der Waals surface area contributed by atoms with Gasteiger partial charge in [0.15, 0.2) is 6.10 Å². The third kappa shape index (κ3) is 6.39. The molecule has 0 aliphatic heterocycles. The second-order valence-corrected chi connectivity index (χ2v) is 5.14. The van der Waals surface area contributed by atoms with Crippen molar-refractivity contribution in [3.8, 4) is 11.6 Å². The highest BCUT2D eigenvalue weighted by Gasteiger charge is 2.18. The summed E-state index contributed by atoms with van der Waals surface area (Å²) in [6.45, 7) is 2.60. The number of aliphatic carboxylic acids is 1. The zero-order chi connectivity index (χ0) is 18.1. The highest BCUT2D eigenvalue weighted by atomic mass is 19.1. The quantitative estimate of drug-likeness (QED) is 0.665. The van der Waals surface area contributed by atoms with E-state index in [1.165, 1.54) is 24.3 Å². The van der Waals surface area contributed by atoms with Crippen LogP contribution in [-0.2, 0) is 16.0 Å². The Labute approximate surface area is 145 Å². The van der Waals surface area contributed by atoms with Crippen LogP contribution in [0.25, 0.3) is 0 Å². The molecule has 1 atom stereocenters. The number of aromatic nitrogens is 1. The zero-order valence-electron chi connectivity index (χ0n) is 13.9. The Morgan fingerprint density at radius 2 is 1.92 bits per heavy atom. The van der Waals surface area contributed by atoms with E-state index in [4.69, 9.17) is 19.3 Å². The van der Waals surface area contributed by atoms with Crippen molar-refractivity contribution in [1.82, 2.24) is 4.98 Å². The average Bonchev–Trinajstić information content (AvgIpc) is 2.60. The second kappa shape index (κ2) is 9.58. The molecule has 2 rings (SSSR count). The lowest BCUT2D eigenvalue weighted by atomic mass is 10.1. The molecule has 6 nitrogen and oxygen atoms in total. The van der Waals surface area contributed by atoms with Crippen LogP contribution in [-0.4, -0.2) is 42.0 Å². The highest BCUT2D eigenvalue weighted by Crippen LogP contribution is 2.14. The summed E-state index contributed by atoms with van der Waals surface area (Å²) >= 11 is 0. The van der Waals surface area contributed by atoms with Crippen molar-refractivity contribution in [2.24, 2.45) is 0 Å². The first-order valence-corrected chi connectivity index (χ1v) is 7.89. The molecule has 0 radical (unpaired) electrons. The molecule has 1 unspecified atom stereocenters. The van der Waals surface area contributed by atoms with Crippen molar-refractivity contribution in [3.63, 3.8) is 0 Å². The molecule has 0 saturated heterocycles. The second-order valence-electron chi connectivity index (χ2n) is 5.14. The van der Waals surface area contributed by atoms with Crippen LogP contribution < -0.4 is 9.47 Å².